The molecule has 0 unspecified atom stereocenters. The molecule has 3 nitrogen and oxygen atoms in total. The van der Waals surface area contributed by atoms with Crippen molar-refractivity contribution in [1.29, 1.82) is 0 Å². The maximum Gasteiger partial charge on any atom is 0.266 e. The van der Waals surface area contributed by atoms with Crippen LogP contribution in [0.15, 0.2) is 133 Å². The standard InChI is InChI=1S/C62H58BN3S2/c1-59(2,3)35-21-27-39(28-22-35)64-53-42-18-14-16-20-48(42)67-57(53)63-51-41-17-13-15-19-47(41)68-58(51)65(40-29-23-36(24-30-40)60(4,5)6)56-50-44-34-38(62(10,11)12)26-32-46(44)66-45-31-25-37(61(7,8)9)33-43(45)49(54(50)66)55(64)52(56)63/h13-34H,1-12H3. The van der Waals surface area contributed by atoms with E-state index in [-0.39, 0.29) is 28.4 Å². The summed E-state index contributed by atoms with van der Waals surface area (Å²) in [5, 5.41) is 9.29. The molecule has 0 radical (unpaired) electrons. The highest BCUT2D eigenvalue weighted by atomic mass is 32.1. The molecule has 2 aliphatic heterocycles. The van der Waals surface area contributed by atoms with Gasteiger partial charge in [-0.25, -0.2) is 0 Å². The Kier molecular flexibility index (Phi) is 8.53. The van der Waals surface area contributed by atoms with E-state index in [1.54, 1.807) is 0 Å². The van der Waals surface area contributed by atoms with Gasteiger partial charge in [0.1, 0.15) is 0 Å². The monoisotopic (exact) mass is 919 g/mol. The van der Waals surface area contributed by atoms with E-state index in [9.17, 15) is 0 Å². The molecule has 4 aromatic heterocycles. The van der Waals surface area contributed by atoms with Gasteiger partial charge in [-0.05, 0) is 121 Å². The topological polar surface area (TPSA) is 10.9 Å². The predicted molar refractivity (Wildman–Crippen MR) is 301 cm³/mol. The molecule has 0 fully saturated rings. The van der Waals surface area contributed by atoms with E-state index in [1.165, 1.54) is 130 Å². The average molecular weight is 920 g/mol. The Balaban J connectivity index is 1.31. The summed E-state index contributed by atoms with van der Waals surface area (Å²) in [4.78, 5) is 5.42. The number of anilines is 6. The summed E-state index contributed by atoms with van der Waals surface area (Å²) in [7, 11) is 0. The minimum Gasteiger partial charge on any atom is -0.309 e. The van der Waals surface area contributed by atoms with Crippen LogP contribution < -0.4 is 25.5 Å². The van der Waals surface area contributed by atoms with E-state index in [2.05, 4.69) is 231 Å². The van der Waals surface area contributed by atoms with Gasteiger partial charge in [0, 0.05) is 52.5 Å². The van der Waals surface area contributed by atoms with Crippen molar-refractivity contribution in [2.45, 2.75) is 105 Å². The van der Waals surface area contributed by atoms with Gasteiger partial charge in [-0.15, -0.1) is 22.7 Å². The maximum atomic E-state index is 2.71. The van der Waals surface area contributed by atoms with E-state index in [4.69, 9.17) is 0 Å². The van der Waals surface area contributed by atoms with Gasteiger partial charge in [-0.2, -0.15) is 0 Å². The highest BCUT2D eigenvalue weighted by molar-refractivity contribution is 7.35. The molecule has 336 valence electrons. The van der Waals surface area contributed by atoms with E-state index >= 15 is 0 Å². The third-order valence-electron chi connectivity index (χ3n) is 15.3. The number of benzene rings is 7. The van der Waals surface area contributed by atoms with E-state index in [1.807, 2.05) is 22.7 Å². The second-order valence-electron chi connectivity index (χ2n) is 23.8. The maximum absolute atomic E-state index is 2.71. The number of hydrogen-bond donors (Lipinski definition) is 0. The summed E-state index contributed by atoms with van der Waals surface area (Å²) in [5.41, 5.74) is 18.3. The lowest BCUT2D eigenvalue weighted by Crippen LogP contribution is -2.60. The zero-order chi connectivity index (χ0) is 47.1. The van der Waals surface area contributed by atoms with Gasteiger partial charge in [0.25, 0.3) is 6.71 Å². The molecule has 6 heteroatoms. The first-order chi connectivity index (χ1) is 32.3. The van der Waals surface area contributed by atoms with Crippen molar-refractivity contribution in [3.05, 3.63) is 156 Å². The SMILES string of the molecule is CC(C)(C)c1ccc(N2c3sc4ccccc4c3B3c4sc5ccccc5c4N(c4ccc(C(C)(C)C)cc4)c4c3c2c2c3cc(C(C)(C)C)ccc3n3c5ccc(C(C)(C)C)cc5c4c23)cc1. The third kappa shape index (κ3) is 5.77. The Morgan fingerprint density at radius 3 is 1.35 bits per heavy atom. The summed E-state index contributed by atoms with van der Waals surface area (Å²) >= 11 is 3.95. The van der Waals surface area contributed by atoms with Gasteiger partial charge >= 0.3 is 0 Å². The van der Waals surface area contributed by atoms with Crippen LogP contribution in [0.5, 0.6) is 0 Å². The van der Waals surface area contributed by atoms with Gasteiger partial charge < -0.3 is 14.2 Å². The van der Waals surface area contributed by atoms with Crippen LogP contribution in [-0.2, 0) is 21.7 Å². The minimum absolute atomic E-state index is 0.00607. The Morgan fingerprint density at radius 2 is 0.838 bits per heavy atom. The number of thiophene rings is 2. The number of aromatic nitrogens is 1. The third-order valence-corrected chi connectivity index (χ3v) is 17.7. The smallest absolute Gasteiger partial charge is 0.266 e. The van der Waals surface area contributed by atoms with Crippen LogP contribution in [0, 0.1) is 0 Å². The normalized spacial score (nSPS) is 14.4. The number of nitrogens with zero attached hydrogens (tertiary/aromatic N) is 3. The number of rotatable bonds is 2. The highest BCUT2D eigenvalue weighted by Crippen LogP contribution is 2.57. The molecule has 0 saturated heterocycles. The molecular weight excluding hydrogens is 862 g/mol. The van der Waals surface area contributed by atoms with Gasteiger partial charge in [0.05, 0.1) is 38.6 Å². The van der Waals surface area contributed by atoms with Crippen molar-refractivity contribution in [2.75, 3.05) is 9.80 Å². The molecule has 0 saturated carbocycles. The van der Waals surface area contributed by atoms with Crippen molar-refractivity contribution in [1.82, 2.24) is 4.40 Å². The van der Waals surface area contributed by atoms with Crippen LogP contribution in [0.2, 0.25) is 0 Å². The summed E-state index contributed by atoms with van der Waals surface area (Å²) < 4.78 is 6.71. The molecule has 68 heavy (non-hydrogen) atoms. The fraction of sp³-hybridized carbons (Fsp3) is 0.258. The molecule has 0 atom stereocenters. The molecule has 0 N–H and O–H groups in total. The van der Waals surface area contributed by atoms with Crippen LogP contribution in [0.4, 0.5) is 33.4 Å². The van der Waals surface area contributed by atoms with Crippen molar-refractivity contribution in [3.63, 3.8) is 0 Å². The Morgan fingerprint density at radius 1 is 0.397 bits per heavy atom. The second kappa shape index (κ2) is 13.8. The Hall–Kier alpha value is -6.08. The lowest BCUT2D eigenvalue weighted by molar-refractivity contribution is 0.590. The molecular formula is C62H58BN3S2. The average Bonchev–Trinajstić information content (AvgIpc) is 4.05. The fourth-order valence-corrected chi connectivity index (χ4v) is 14.3. The Labute approximate surface area is 409 Å². The van der Waals surface area contributed by atoms with E-state index < -0.39 is 0 Å². The molecule has 11 aromatic rings. The lowest BCUT2D eigenvalue weighted by Gasteiger charge is -2.43. The van der Waals surface area contributed by atoms with Crippen LogP contribution in [0.3, 0.4) is 0 Å². The van der Waals surface area contributed by atoms with Crippen molar-refractivity contribution in [3.8, 4) is 0 Å². The first-order valence-corrected chi connectivity index (χ1v) is 26.1. The van der Waals surface area contributed by atoms with E-state index in [0.717, 1.165) is 0 Å². The summed E-state index contributed by atoms with van der Waals surface area (Å²) in [6.07, 6.45) is 0. The number of fused-ring (bicyclic) bond motifs is 16. The zero-order valence-corrected chi connectivity index (χ0v) is 43.1. The van der Waals surface area contributed by atoms with Gasteiger partial charge in [0.15, 0.2) is 0 Å². The molecule has 0 aliphatic carbocycles. The Bertz CT molecular complexity index is 3890. The predicted octanol–water partition coefficient (Wildman–Crippen LogP) is 16.5. The minimum atomic E-state index is -0.0389. The molecule has 2 aliphatic rings. The van der Waals surface area contributed by atoms with Crippen LogP contribution >= 0.6 is 22.7 Å². The largest absolute Gasteiger partial charge is 0.309 e. The number of hydrogen-bond acceptors (Lipinski definition) is 4. The van der Waals surface area contributed by atoms with Gasteiger partial charge in [-0.1, -0.05) is 156 Å². The molecule has 6 heterocycles. The van der Waals surface area contributed by atoms with Gasteiger partial charge in [-0.3, -0.25) is 0 Å². The van der Waals surface area contributed by atoms with Crippen molar-refractivity contribution < 1.29 is 0 Å². The molecule has 0 bridgehead atoms. The summed E-state index contributed by atoms with van der Waals surface area (Å²) in [6, 6.07) is 52.3. The van der Waals surface area contributed by atoms with Crippen LogP contribution in [0.1, 0.15) is 105 Å². The quantitative estimate of drug-likeness (QED) is 0.160. The fourth-order valence-electron chi connectivity index (χ4n) is 11.7. The second-order valence-corrected chi connectivity index (χ2v) is 25.9. The van der Waals surface area contributed by atoms with Crippen molar-refractivity contribution in [2.24, 2.45) is 0 Å². The highest BCUT2D eigenvalue weighted by Gasteiger charge is 2.49. The molecule has 13 rings (SSSR count). The summed E-state index contributed by atoms with van der Waals surface area (Å²) in [5.74, 6) is 0. The first-order valence-electron chi connectivity index (χ1n) is 24.5. The van der Waals surface area contributed by atoms with Crippen LogP contribution in [0.25, 0.3) is 58.3 Å². The molecule has 7 aromatic carbocycles. The molecule has 0 spiro atoms. The first kappa shape index (κ1) is 42.1. The lowest BCUT2D eigenvalue weighted by atomic mass is 9.36. The van der Waals surface area contributed by atoms with E-state index in [0.29, 0.717) is 0 Å². The zero-order valence-electron chi connectivity index (χ0n) is 41.4. The summed E-state index contributed by atoms with van der Waals surface area (Å²) in [6.45, 7) is 28.1. The van der Waals surface area contributed by atoms with Crippen LogP contribution in [-0.4, -0.2) is 11.1 Å². The molecule has 0 amide bonds. The van der Waals surface area contributed by atoms with Crippen molar-refractivity contribution >= 4 is 137 Å². The van der Waals surface area contributed by atoms with Gasteiger partial charge in [0.2, 0.25) is 0 Å².